The van der Waals surface area contributed by atoms with Crippen LogP contribution in [0.4, 0.5) is 18.9 Å². The molecule has 2 heterocycles. The second-order valence-corrected chi connectivity index (χ2v) is 8.61. The van der Waals surface area contributed by atoms with Gasteiger partial charge in [0.05, 0.1) is 16.8 Å². The Morgan fingerprint density at radius 3 is 2.27 bits per heavy atom. The summed E-state index contributed by atoms with van der Waals surface area (Å²) in [5.41, 5.74) is 1.68. The van der Waals surface area contributed by atoms with Gasteiger partial charge in [-0.15, -0.1) is 0 Å². The maximum Gasteiger partial charge on any atom is 0.416 e. The number of carboxylic acids is 1. The topological polar surface area (TPSA) is 93.7 Å². The van der Waals surface area contributed by atoms with Gasteiger partial charge in [0.1, 0.15) is 0 Å². The third-order valence-corrected chi connectivity index (χ3v) is 6.21. The van der Waals surface area contributed by atoms with Crippen LogP contribution in [0.5, 0.6) is 0 Å². The summed E-state index contributed by atoms with van der Waals surface area (Å²) >= 11 is 0. The predicted octanol–water partition coefficient (Wildman–Crippen LogP) is 4.64. The largest absolute Gasteiger partial charge is 0.478 e. The zero-order valence-corrected chi connectivity index (χ0v) is 19.9. The van der Waals surface area contributed by atoms with E-state index in [1.54, 1.807) is 42.2 Å². The number of Topliss-reactive ketones (excluding diaryl/α,β-unsaturated/α-hetero) is 1. The molecule has 0 unspecified atom stereocenters. The number of nitrogens with zero attached hydrogens (tertiary/aromatic N) is 2. The van der Waals surface area contributed by atoms with E-state index < -0.39 is 29.4 Å². The first kappa shape index (κ1) is 25.7. The van der Waals surface area contributed by atoms with Crippen LogP contribution in [0.2, 0.25) is 0 Å². The average molecular weight is 512 g/mol. The van der Waals surface area contributed by atoms with Gasteiger partial charge in [-0.2, -0.15) is 13.2 Å². The average Bonchev–Trinajstić information content (AvgIpc) is 3.22. The number of carbonyl (C=O) groups excluding carboxylic acids is 2. The highest BCUT2D eigenvalue weighted by molar-refractivity contribution is 6.44. The van der Waals surface area contributed by atoms with E-state index in [2.05, 4.69) is 4.98 Å². The van der Waals surface area contributed by atoms with E-state index >= 15 is 0 Å². The quantitative estimate of drug-likeness (QED) is 0.286. The van der Waals surface area contributed by atoms with E-state index in [0.29, 0.717) is 22.6 Å². The Kier molecular flexibility index (Phi) is 7.19. The van der Waals surface area contributed by atoms with Gasteiger partial charge in [-0.1, -0.05) is 36.4 Å². The van der Waals surface area contributed by atoms with Crippen molar-refractivity contribution in [3.63, 3.8) is 0 Å². The van der Waals surface area contributed by atoms with E-state index in [0.717, 1.165) is 23.8 Å². The smallest absolute Gasteiger partial charge is 0.416 e. The number of piperazine rings is 1. The number of anilines is 1. The number of hydrogen-bond donors (Lipinski definition) is 2. The van der Waals surface area contributed by atoms with E-state index in [1.807, 2.05) is 6.07 Å². The van der Waals surface area contributed by atoms with Crippen LogP contribution in [0.25, 0.3) is 17.3 Å². The first-order valence-electron chi connectivity index (χ1n) is 11.5. The third kappa shape index (κ3) is 5.58. The molecule has 1 fully saturated rings. The summed E-state index contributed by atoms with van der Waals surface area (Å²) < 4.78 is 39.2. The molecule has 10 heteroatoms. The van der Waals surface area contributed by atoms with Gasteiger partial charge in [0.15, 0.2) is 0 Å². The summed E-state index contributed by atoms with van der Waals surface area (Å²) in [7, 11) is 0. The first-order chi connectivity index (χ1) is 17.6. The van der Waals surface area contributed by atoms with Crippen LogP contribution < -0.4 is 4.90 Å². The molecule has 0 bridgehead atoms. The summed E-state index contributed by atoms with van der Waals surface area (Å²) in [4.78, 5) is 43.9. The molecule has 1 amide bonds. The van der Waals surface area contributed by atoms with Gasteiger partial charge in [-0.05, 0) is 36.8 Å². The van der Waals surface area contributed by atoms with E-state index in [9.17, 15) is 27.6 Å². The molecule has 4 rings (SSSR count). The number of carboxylic acid groups (broad SMARTS) is 1. The Morgan fingerprint density at radius 2 is 1.65 bits per heavy atom. The monoisotopic (exact) mass is 511 g/mol. The van der Waals surface area contributed by atoms with Crippen LogP contribution in [0.3, 0.4) is 0 Å². The van der Waals surface area contributed by atoms with Gasteiger partial charge in [0.25, 0.3) is 11.7 Å². The van der Waals surface area contributed by atoms with Crippen molar-refractivity contribution in [2.45, 2.75) is 13.1 Å². The molecule has 3 aromatic rings. The number of rotatable bonds is 6. The Labute approximate surface area is 210 Å². The number of ketones is 1. The van der Waals surface area contributed by atoms with Crippen LogP contribution >= 0.6 is 0 Å². The highest BCUT2D eigenvalue weighted by Crippen LogP contribution is 2.33. The number of benzene rings is 2. The fraction of sp³-hybridized carbons (Fsp3) is 0.222. The minimum atomic E-state index is -4.46. The van der Waals surface area contributed by atoms with Crippen molar-refractivity contribution in [2.75, 3.05) is 31.1 Å². The van der Waals surface area contributed by atoms with Gasteiger partial charge in [-0.25, -0.2) is 4.79 Å². The first-order valence-corrected chi connectivity index (χ1v) is 11.5. The van der Waals surface area contributed by atoms with Crippen LogP contribution in [0, 0.1) is 6.92 Å². The van der Waals surface area contributed by atoms with Crippen molar-refractivity contribution >= 4 is 29.4 Å². The van der Waals surface area contributed by atoms with Gasteiger partial charge < -0.3 is 19.9 Å². The zero-order chi connectivity index (χ0) is 26.7. The van der Waals surface area contributed by atoms with Crippen molar-refractivity contribution in [1.29, 1.82) is 0 Å². The number of hydrogen-bond acceptors (Lipinski definition) is 4. The SMILES string of the molecule is Cc1[nH]c(-c2ccccc2)c(C=CC(=O)O)c1C(=O)C(=O)N1CCN(c2cccc(C(F)(F)F)c2)CC1. The molecule has 37 heavy (non-hydrogen) atoms. The lowest BCUT2D eigenvalue weighted by molar-refractivity contribution is -0.137. The maximum atomic E-state index is 13.4. The minimum Gasteiger partial charge on any atom is -0.478 e. The number of aliphatic carboxylic acids is 1. The van der Waals surface area contributed by atoms with Crippen molar-refractivity contribution in [2.24, 2.45) is 0 Å². The van der Waals surface area contributed by atoms with Crippen LogP contribution in [-0.2, 0) is 15.8 Å². The number of alkyl halides is 3. The molecule has 0 spiro atoms. The highest BCUT2D eigenvalue weighted by Gasteiger charge is 2.33. The lowest BCUT2D eigenvalue weighted by Gasteiger charge is -2.36. The summed E-state index contributed by atoms with van der Waals surface area (Å²) in [5.74, 6) is -2.74. The van der Waals surface area contributed by atoms with E-state index in [-0.39, 0.29) is 31.7 Å². The number of H-pyrrole nitrogens is 1. The van der Waals surface area contributed by atoms with Crippen LogP contribution in [-0.4, -0.2) is 58.8 Å². The predicted molar refractivity (Wildman–Crippen MR) is 132 cm³/mol. The normalized spacial score (nSPS) is 14.3. The zero-order valence-electron chi connectivity index (χ0n) is 19.9. The van der Waals surface area contributed by atoms with Crippen LogP contribution in [0.15, 0.2) is 60.7 Å². The van der Waals surface area contributed by atoms with Crippen molar-refractivity contribution < 1.29 is 32.7 Å². The maximum absolute atomic E-state index is 13.4. The lowest BCUT2D eigenvalue weighted by Crippen LogP contribution is -2.50. The number of aromatic amines is 1. The Bertz CT molecular complexity index is 1350. The van der Waals surface area contributed by atoms with E-state index in [4.69, 9.17) is 5.11 Å². The molecule has 1 aliphatic rings. The number of aromatic nitrogens is 1. The molecular weight excluding hydrogens is 487 g/mol. The van der Waals surface area contributed by atoms with Crippen molar-refractivity contribution in [3.8, 4) is 11.3 Å². The summed E-state index contributed by atoms with van der Waals surface area (Å²) in [6, 6.07) is 14.0. The van der Waals surface area contributed by atoms with Gasteiger partial charge in [-0.3, -0.25) is 9.59 Å². The second kappa shape index (κ2) is 10.3. The minimum absolute atomic E-state index is 0.0849. The number of amides is 1. The Morgan fingerprint density at radius 1 is 0.973 bits per heavy atom. The summed E-state index contributed by atoms with van der Waals surface area (Å²) in [6.45, 7) is 2.45. The number of halogens is 3. The van der Waals surface area contributed by atoms with Crippen molar-refractivity contribution in [3.05, 3.63) is 83.1 Å². The van der Waals surface area contributed by atoms with Gasteiger partial charge in [0, 0.05) is 49.2 Å². The molecule has 0 saturated carbocycles. The van der Waals surface area contributed by atoms with Crippen LogP contribution in [0.1, 0.15) is 27.2 Å². The molecule has 1 saturated heterocycles. The fourth-order valence-electron chi connectivity index (χ4n) is 4.39. The lowest BCUT2D eigenvalue weighted by atomic mass is 9.99. The second-order valence-electron chi connectivity index (χ2n) is 8.61. The Balaban J connectivity index is 1.55. The van der Waals surface area contributed by atoms with Gasteiger partial charge in [0.2, 0.25) is 0 Å². The molecule has 0 atom stereocenters. The molecule has 0 aliphatic carbocycles. The Hall–Kier alpha value is -4.34. The summed E-state index contributed by atoms with van der Waals surface area (Å²) in [6.07, 6.45) is -2.26. The molecule has 2 aromatic carbocycles. The standard InChI is InChI=1S/C27H24F3N3O4/c1-17-23(21(10-11-22(34)35)24(31-17)18-6-3-2-4-7-18)25(36)26(37)33-14-12-32(13-15-33)20-9-5-8-19(16-20)27(28,29)30/h2-11,16,31H,12-15H2,1H3,(H,34,35). The molecule has 1 aromatic heterocycles. The molecule has 192 valence electrons. The third-order valence-electron chi connectivity index (χ3n) is 6.21. The summed E-state index contributed by atoms with van der Waals surface area (Å²) in [5, 5.41) is 9.14. The van der Waals surface area contributed by atoms with Gasteiger partial charge >= 0.3 is 12.1 Å². The number of nitrogens with one attached hydrogen (secondary N) is 1. The molecule has 2 N–H and O–H groups in total. The number of carbonyl (C=O) groups is 3. The fourth-order valence-corrected chi connectivity index (χ4v) is 4.39. The highest BCUT2D eigenvalue weighted by atomic mass is 19.4. The molecule has 0 radical (unpaired) electrons. The van der Waals surface area contributed by atoms with Crippen molar-refractivity contribution in [1.82, 2.24) is 9.88 Å². The number of aryl methyl sites for hydroxylation is 1. The van der Waals surface area contributed by atoms with E-state index in [1.165, 1.54) is 17.0 Å². The molecule has 1 aliphatic heterocycles. The molecular formula is C27H24F3N3O4. The molecule has 7 nitrogen and oxygen atoms in total.